The Kier molecular flexibility index (Phi) is 6.07. The van der Waals surface area contributed by atoms with E-state index in [0.29, 0.717) is 24.1 Å². The van der Waals surface area contributed by atoms with E-state index in [1.165, 1.54) is 34.8 Å². The normalized spacial score (nSPS) is 14.8. The zero-order chi connectivity index (χ0) is 22.9. The van der Waals surface area contributed by atoms with Gasteiger partial charge in [-0.05, 0) is 57.0 Å². The van der Waals surface area contributed by atoms with Gasteiger partial charge in [0.05, 0.1) is 16.7 Å². The number of carbonyl (C=O) groups is 2. The van der Waals surface area contributed by atoms with Crippen LogP contribution in [-0.2, 0) is 14.8 Å². The quantitative estimate of drug-likeness (QED) is 0.397. The van der Waals surface area contributed by atoms with Crippen LogP contribution in [0.25, 0.3) is 11.0 Å². The van der Waals surface area contributed by atoms with Gasteiger partial charge < -0.3 is 4.74 Å². The van der Waals surface area contributed by atoms with Crippen molar-refractivity contribution in [1.29, 1.82) is 0 Å². The van der Waals surface area contributed by atoms with E-state index in [1.54, 1.807) is 16.9 Å². The Morgan fingerprint density at radius 3 is 2.41 bits per heavy atom. The number of aromatic nitrogens is 3. The van der Waals surface area contributed by atoms with Crippen molar-refractivity contribution in [2.45, 2.75) is 37.6 Å². The molecule has 2 aromatic heterocycles. The van der Waals surface area contributed by atoms with Crippen LogP contribution in [0.3, 0.4) is 0 Å². The molecule has 3 aromatic rings. The van der Waals surface area contributed by atoms with Gasteiger partial charge in [-0.25, -0.2) is 22.9 Å². The first-order chi connectivity index (χ1) is 15.3. The minimum Gasteiger partial charge on any atom is -0.454 e. The highest BCUT2D eigenvalue weighted by Gasteiger charge is 2.27. The van der Waals surface area contributed by atoms with Crippen molar-refractivity contribution in [3.8, 4) is 0 Å². The molecule has 0 bridgehead atoms. The smallest absolute Gasteiger partial charge is 0.340 e. The maximum atomic E-state index is 12.6. The average molecular weight is 457 g/mol. The van der Waals surface area contributed by atoms with E-state index in [1.807, 2.05) is 13.8 Å². The second kappa shape index (κ2) is 8.79. The summed E-state index contributed by atoms with van der Waals surface area (Å²) in [6.07, 6.45) is 4.73. The van der Waals surface area contributed by atoms with E-state index in [9.17, 15) is 18.0 Å². The summed E-state index contributed by atoms with van der Waals surface area (Å²) in [5.74, 6) is -1.09. The largest absolute Gasteiger partial charge is 0.454 e. The second-order valence-corrected chi connectivity index (χ2v) is 9.89. The van der Waals surface area contributed by atoms with Crippen LogP contribution < -0.4 is 0 Å². The fourth-order valence-corrected chi connectivity index (χ4v) is 5.13. The maximum absolute atomic E-state index is 12.6. The summed E-state index contributed by atoms with van der Waals surface area (Å²) in [4.78, 5) is 29.2. The summed E-state index contributed by atoms with van der Waals surface area (Å²) in [5.41, 5.74) is 1.15. The van der Waals surface area contributed by atoms with E-state index in [0.717, 1.165) is 12.8 Å². The van der Waals surface area contributed by atoms with Gasteiger partial charge in [-0.1, -0.05) is 0 Å². The summed E-state index contributed by atoms with van der Waals surface area (Å²) in [7, 11) is -3.54. The molecule has 0 N–H and O–H groups in total. The third kappa shape index (κ3) is 4.28. The molecule has 168 valence electrons. The third-order valence-corrected chi connectivity index (χ3v) is 7.28. The maximum Gasteiger partial charge on any atom is 0.340 e. The van der Waals surface area contributed by atoms with Crippen LogP contribution >= 0.6 is 0 Å². The van der Waals surface area contributed by atoms with Crippen molar-refractivity contribution >= 4 is 32.8 Å². The molecule has 1 saturated heterocycles. The molecule has 0 radical (unpaired) electrons. The predicted molar refractivity (Wildman–Crippen MR) is 117 cm³/mol. The first kappa shape index (κ1) is 22.1. The van der Waals surface area contributed by atoms with E-state index in [-0.39, 0.29) is 22.1 Å². The molecule has 0 unspecified atom stereocenters. The molecular formula is C22H24N4O5S. The number of pyridine rings is 1. The number of hydrogen-bond acceptors (Lipinski definition) is 7. The van der Waals surface area contributed by atoms with Crippen molar-refractivity contribution in [3.05, 3.63) is 53.9 Å². The number of sulfonamides is 1. The fraction of sp³-hybridized carbons (Fsp3) is 0.364. The molecule has 1 aliphatic rings. The number of Topliss-reactive ketones (excluding diaryl/α,β-unsaturated/α-hetero) is 1. The molecule has 0 aliphatic carbocycles. The Morgan fingerprint density at radius 2 is 1.75 bits per heavy atom. The monoisotopic (exact) mass is 456 g/mol. The number of benzene rings is 1. The van der Waals surface area contributed by atoms with Gasteiger partial charge in [0, 0.05) is 36.3 Å². The number of rotatable bonds is 7. The Bertz CT molecular complexity index is 1260. The SMILES string of the molecule is CC(C)n1ncc2cc(C(=O)OCC(=O)c3ccc(S(=O)(=O)N4CCCC4)cc3)cnc21. The minimum absolute atomic E-state index is 0.132. The van der Waals surface area contributed by atoms with Gasteiger partial charge >= 0.3 is 5.97 Å². The highest BCUT2D eigenvalue weighted by atomic mass is 32.2. The summed E-state index contributed by atoms with van der Waals surface area (Å²) in [5, 5.41) is 4.96. The van der Waals surface area contributed by atoms with Gasteiger partial charge in [-0.3, -0.25) is 4.79 Å². The summed E-state index contributed by atoms with van der Waals surface area (Å²) < 4.78 is 33.5. The molecule has 1 fully saturated rings. The minimum atomic E-state index is -3.54. The number of hydrogen-bond donors (Lipinski definition) is 0. The summed E-state index contributed by atoms with van der Waals surface area (Å²) >= 11 is 0. The molecule has 0 spiro atoms. The van der Waals surface area contributed by atoms with Crippen LogP contribution in [0.4, 0.5) is 0 Å². The first-order valence-electron chi connectivity index (χ1n) is 10.4. The molecule has 1 aliphatic heterocycles. The van der Waals surface area contributed by atoms with E-state index in [2.05, 4.69) is 10.1 Å². The van der Waals surface area contributed by atoms with E-state index in [4.69, 9.17) is 4.74 Å². The van der Waals surface area contributed by atoms with Crippen LogP contribution in [0.2, 0.25) is 0 Å². The number of nitrogens with zero attached hydrogens (tertiary/aromatic N) is 4. The van der Waals surface area contributed by atoms with Gasteiger partial charge in [0.15, 0.2) is 18.0 Å². The molecule has 0 amide bonds. The Labute approximate surface area is 186 Å². The first-order valence-corrected chi connectivity index (χ1v) is 11.8. The van der Waals surface area contributed by atoms with Crippen LogP contribution in [-0.4, -0.2) is 58.9 Å². The lowest BCUT2D eigenvalue weighted by Crippen LogP contribution is -2.27. The van der Waals surface area contributed by atoms with Crippen molar-refractivity contribution in [2.75, 3.05) is 19.7 Å². The Morgan fingerprint density at radius 1 is 1.06 bits per heavy atom. The second-order valence-electron chi connectivity index (χ2n) is 7.95. The van der Waals surface area contributed by atoms with Crippen molar-refractivity contribution in [1.82, 2.24) is 19.1 Å². The van der Waals surface area contributed by atoms with E-state index < -0.39 is 28.4 Å². The number of ketones is 1. The molecule has 32 heavy (non-hydrogen) atoms. The van der Waals surface area contributed by atoms with Crippen molar-refractivity contribution in [2.24, 2.45) is 0 Å². The predicted octanol–water partition coefficient (Wildman–Crippen LogP) is 2.84. The van der Waals surface area contributed by atoms with Gasteiger partial charge in [0.2, 0.25) is 10.0 Å². The molecular weight excluding hydrogens is 432 g/mol. The highest BCUT2D eigenvalue weighted by molar-refractivity contribution is 7.89. The molecule has 9 nitrogen and oxygen atoms in total. The van der Waals surface area contributed by atoms with Crippen LogP contribution in [0.1, 0.15) is 53.4 Å². The average Bonchev–Trinajstić information content (AvgIpc) is 3.47. The molecule has 1 aromatic carbocycles. The highest BCUT2D eigenvalue weighted by Crippen LogP contribution is 2.21. The van der Waals surface area contributed by atoms with Crippen molar-refractivity contribution in [3.63, 3.8) is 0 Å². The number of fused-ring (bicyclic) bond motifs is 1. The number of carbonyl (C=O) groups excluding carboxylic acids is 2. The summed E-state index contributed by atoms with van der Waals surface area (Å²) in [6.45, 7) is 4.53. The zero-order valence-electron chi connectivity index (χ0n) is 17.9. The lowest BCUT2D eigenvalue weighted by atomic mass is 10.1. The lowest BCUT2D eigenvalue weighted by Gasteiger charge is -2.15. The molecule has 4 rings (SSSR count). The lowest BCUT2D eigenvalue weighted by molar-refractivity contribution is 0.0474. The van der Waals surface area contributed by atoms with Crippen LogP contribution in [0.15, 0.2) is 47.6 Å². The molecule has 10 heteroatoms. The standard InChI is InChI=1S/C22H24N4O5S/c1-15(2)26-21-17(13-24-26)11-18(12-23-21)22(28)31-14-20(27)16-5-7-19(8-6-16)32(29,30)25-9-3-4-10-25/h5-8,11-13,15H,3-4,9-10,14H2,1-2H3. The van der Waals surface area contributed by atoms with Gasteiger partial charge in [0.25, 0.3) is 0 Å². The Hall–Kier alpha value is -3.11. The van der Waals surface area contributed by atoms with Gasteiger partial charge in [0.1, 0.15) is 0 Å². The third-order valence-electron chi connectivity index (χ3n) is 5.37. The zero-order valence-corrected chi connectivity index (χ0v) is 18.7. The van der Waals surface area contributed by atoms with E-state index >= 15 is 0 Å². The van der Waals surface area contributed by atoms with Crippen molar-refractivity contribution < 1.29 is 22.7 Å². The molecule has 3 heterocycles. The van der Waals surface area contributed by atoms with Crippen LogP contribution in [0.5, 0.6) is 0 Å². The fourth-order valence-electron chi connectivity index (χ4n) is 3.62. The number of ether oxygens (including phenoxy) is 1. The topological polar surface area (TPSA) is 111 Å². The van der Waals surface area contributed by atoms with Crippen LogP contribution in [0, 0.1) is 0 Å². The molecule has 0 saturated carbocycles. The summed E-state index contributed by atoms with van der Waals surface area (Å²) in [6, 6.07) is 7.45. The number of esters is 1. The van der Waals surface area contributed by atoms with Gasteiger partial charge in [-0.2, -0.15) is 9.40 Å². The Balaban J connectivity index is 1.40. The van der Waals surface area contributed by atoms with Gasteiger partial charge in [-0.15, -0.1) is 0 Å². The molecule has 0 atom stereocenters.